The van der Waals surface area contributed by atoms with Crippen molar-refractivity contribution in [2.75, 3.05) is 39.3 Å². The summed E-state index contributed by atoms with van der Waals surface area (Å²) in [4.78, 5) is 21.6. The molecule has 0 radical (unpaired) electrons. The zero-order chi connectivity index (χ0) is 17.8. The minimum absolute atomic E-state index is 0.0170. The van der Waals surface area contributed by atoms with Gasteiger partial charge in [0, 0.05) is 32.4 Å². The molecule has 2 saturated heterocycles. The number of aromatic amines is 1. The van der Waals surface area contributed by atoms with Crippen LogP contribution in [0.3, 0.4) is 0 Å². The maximum absolute atomic E-state index is 12.9. The number of carbonyl (C=O) groups is 1. The fourth-order valence-electron chi connectivity index (χ4n) is 3.69. The average molecular weight is 355 g/mol. The topological polar surface area (TPSA) is 74.3 Å². The summed E-state index contributed by atoms with van der Waals surface area (Å²) in [5.41, 5.74) is 1.95. The van der Waals surface area contributed by atoms with Gasteiger partial charge in [0.25, 0.3) is 5.91 Å². The Hall–Kier alpha value is -2.25. The fraction of sp³-hybridized carbons (Fsp3) is 0.526. The second-order valence-electron chi connectivity index (χ2n) is 6.99. The predicted molar refractivity (Wildman–Crippen MR) is 97.8 cm³/mol. The van der Waals surface area contributed by atoms with Crippen molar-refractivity contribution in [2.45, 2.75) is 25.4 Å². The van der Waals surface area contributed by atoms with Crippen LogP contribution in [0.25, 0.3) is 11.4 Å². The highest BCUT2D eigenvalue weighted by Gasteiger charge is 2.27. The SMILES string of the molecule is O=C(c1cc(-c2ccccn2)n[nH]1)N1CCCO[C@@H](CN2CCCC2)C1. The molecule has 138 valence electrons. The second-order valence-corrected chi connectivity index (χ2v) is 6.99. The quantitative estimate of drug-likeness (QED) is 0.905. The van der Waals surface area contributed by atoms with Gasteiger partial charge in [-0.05, 0) is 50.6 Å². The van der Waals surface area contributed by atoms with Crippen molar-refractivity contribution in [2.24, 2.45) is 0 Å². The lowest BCUT2D eigenvalue weighted by atomic mass is 10.2. The van der Waals surface area contributed by atoms with Crippen molar-refractivity contribution in [1.29, 1.82) is 0 Å². The average Bonchev–Trinajstić information content (AvgIpc) is 3.31. The minimum Gasteiger partial charge on any atom is -0.375 e. The Balaban J connectivity index is 1.43. The number of likely N-dealkylation sites (tertiary alicyclic amines) is 1. The summed E-state index contributed by atoms with van der Waals surface area (Å²) in [6.07, 6.45) is 5.20. The number of hydrogen-bond donors (Lipinski definition) is 1. The lowest BCUT2D eigenvalue weighted by Crippen LogP contribution is -2.42. The Morgan fingerprint density at radius 2 is 2.08 bits per heavy atom. The van der Waals surface area contributed by atoms with Crippen LogP contribution in [-0.2, 0) is 4.74 Å². The van der Waals surface area contributed by atoms with E-state index in [-0.39, 0.29) is 12.0 Å². The number of amides is 1. The highest BCUT2D eigenvalue weighted by Crippen LogP contribution is 2.17. The van der Waals surface area contributed by atoms with Crippen molar-refractivity contribution in [3.8, 4) is 11.4 Å². The first-order valence-electron chi connectivity index (χ1n) is 9.39. The van der Waals surface area contributed by atoms with Gasteiger partial charge < -0.3 is 14.5 Å². The highest BCUT2D eigenvalue weighted by molar-refractivity contribution is 5.93. The van der Waals surface area contributed by atoms with Crippen molar-refractivity contribution >= 4 is 5.91 Å². The van der Waals surface area contributed by atoms with Crippen LogP contribution in [0.4, 0.5) is 0 Å². The van der Waals surface area contributed by atoms with Gasteiger partial charge in [0.05, 0.1) is 11.8 Å². The van der Waals surface area contributed by atoms with Crippen molar-refractivity contribution in [3.63, 3.8) is 0 Å². The van der Waals surface area contributed by atoms with Crippen LogP contribution in [0.2, 0.25) is 0 Å². The summed E-state index contributed by atoms with van der Waals surface area (Å²) in [6, 6.07) is 7.44. The summed E-state index contributed by atoms with van der Waals surface area (Å²) in [6.45, 7) is 5.25. The summed E-state index contributed by atoms with van der Waals surface area (Å²) in [5.74, 6) is -0.0170. The maximum atomic E-state index is 12.9. The predicted octanol–water partition coefficient (Wildman–Crippen LogP) is 1.80. The van der Waals surface area contributed by atoms with Gasteiger partial charge in [0.1, 0.15) is 11.4 Å². The van der Waals surface area contributed by atoms with E-state index in [9.17, 15) is 4.79 Å². The van der Waals surface area contributed by atoms with Crippen molar-refractivity contribution in [1.82, 2.24) is 25.0 Å². The van der Waals surface area contributed by atoms with E-state index in [1.807, 2.05) is 23.1 Å². The molecule has 26 heavy (non-hydrogen) atoms. The number of carbonyl (C=O) groups excluding carboxylic acids is 1. The molecule has 0 bridgehead atoms. The van der Waals surface area contributed by atoms with Gasteiger partial charge in [0.15, 0.2) is 0 Å². The molecule has 2 aliphatic rings. The number of aromatic nitrogens is 3. The lowest BCUT2D eigenvalue weighted by Gasteiger charge is -2.26. The summed E-state index contributed by atoms with van der Waals surface area (Å²) in [7, 11) is 0. The van der Waals surface area contributed by atoms with E-state index >= 15 is 0 Å². The van der Waals surface area contributed by atoms with E-state index in [4.69, 9.17) is 4.74 Å². The largest absolute Gasteiger partial charge is 0.375 e. The maximum Gasteiger partial charge on any atom is 0.271 e. The summed E-state index contributed by atoms with van der Waals surface area (Å²) < 4.78 is 5.98. The van der Waals surface area contributed by atoms with Crippen LogP contribution >= 0.6 is 0 Å². The molecular weight excluding hydrogens is 330 g/mol. The van der Waals surface area contributed by atoms with Crippen LogP contribution in [0.5, 0.6) is 0 Å². The second kappa shape index (κ2) is 7.97. The number of nitrogens with zero attached hydrogens (tertiary/aromatic N) is 4. The van der Waals surface area contributed by atoms with E-state index < -0.39 is 0 Å². The molecular formula is C19H25N5O2. The van der Waals surface area contributed by atoms with Crippen molar-refractivity contribution in [3.05, 3.63) is 36.2 Å². The number of hydrogen-bond acceptors (Lipinski definition) is 5. The number of nitrogens with one attached hydrogen (secondary N) is 1. The Kier molecular flexibility index (Phi) is 5.26. The first kappa shape index (κ1) is 17.2. The Bertz CT molecular complexity index is 727. The molecule has 0 aliphatic carbocycles. The van der Waals surface area contributed by atoms with Crippen LogP contribution in [0.15, 0.2) is 30.5 Å². The van der Waals surface area contributed by atoms with Gasteiger partial charge in [-0.1, -0.05) is 6.07 Å². The molecule has 0 saturated carbocycles. The fourth-order valence-corrected chi connectivity index (χ4v) is 3.69. The smallest absolute Gasteiger partial charge is 0.271 e. The van der Waals surface area contributed by atoms with E-state index in [0.29, 0.717) is 31.1 Å². The molecule has 2 fully saturated rings. The zero-order valence-corrected chi connectivity index (χ0v) is 14.9. The van der Waals surface area contributed by atoms with Crippen LogP contribution in [0, 0.1) is 0 Å². The van der Waals surface area contributed by atoms with E-state index in [1.54, 1.807) is 12.3 Å². The number of ether oxygens (including phenoxy) is 1. The molecule has 1 atom stereocenters. The molecule has 0 unspecified atom stereocenters. The molecule has 4 heterocycles. The van der Waals surface area contributed by atoms with Gasteiger partial charge in [-0.25, -0.2) is 0 Å². The lowest BCUT2D eigenvalue weighted by molar-refractivity contribution is 0.0296. The van der Waals surface area contributed by atoms with Gasteiger partial charge in [-0.2, -0.15) is 5.10 Å². The van der Waals surface area contributed by atoms with E-state index in [2.05, 4.69) is 20.1 Å². The van der Waals surface area contributed by atoms with Crippen LogP contribution in [0.1, 0.15) is 29.8 Å². The van der Waals surface area contributed by atoms with E-state index in [0.717, 1.165) is 31.7 Å². The third-order valence-electron chi connectivity index (χ3n) is 5.03. The molecule has 0 spiro atoms. The third kappa shape index (κ3) is 3.94. The van der Waals surface area contributed by atoms with Gasteiger partial charge >= 0.3 is 0 Å². The Morgan fingerprint density at radius 1 is 1.19 bits per heavy atom. The molecule has 4 rings (SSSR count). The zero-order valence-electron chi connectivity index (χ0n) is 14.9. The van der Waals surface area contributed by atoms with E-state index in [1.165, 1.54) is 12.8 Å². The first-order valence-corrected chi connectivity index (χ1v) is 9.39. The number of H-pyrrole nitrogens is 1. The van der Waals surface area contributed by atoms with Crippen molar-refractivity contribution < 1.29 is 9.53 Å². The molecule has 7 nitrogen and oxygen atoms in total. The first-order chi connectivity index (χ1) is 12.8. The standard InChI is InChI=1S/C19H25N5O2/c25-19(18-12-17(21-22-18)16-6-1-2-7-20-16)24-10-5-11-26-15(14-24)13-23-8-3-4-9-23/h1-2,6-7,12,15H,3-5,8-11,13-14H2,(H,21,22)/t15-/m0/s1. The molecule has 2 aliphatic heterocycles. The van der Waals surface area contributed by atoms with Crippen LogP contribution < -0.4 is 0 Å². The molecule has 0 aromatic carbocycles. The Morgan fingerprint density at radius 3 is 2.88 bits per heavy atom. The van der Waals surface area contributed by atoms with Gasteiger partial charge in [0.2, 0.25) is 0 Å². The molecule has 2 aromatic rings. The molecule has 1 N–H and O–H groups in total. The van der Waals surface area contributed by atoms with Gasteiger partial charge in [-0.3, -0.25) is 14.9 Å². The van der Waals surface area contributed by atoms with Gasteiger partial charge in [-0.15, -0.1) is 0 Å². The minimum atomic E-state index is -0.0170. The monoisotopic (exact) mass is 355 g/mol. The number of rotatable bonds is 4. The molecule has 7 heteroatoms. The van der Waals surface area contributed by atoms with Crippen LogP contribution in [-0.4, -0.2) is 76.3 Å². The number of pyridine rings is 1. The summed E-state index contributed by atoms with van der Waals surface area (Å²) in [5, 5.41) is 7.13. The highest BCUT2D eigenvalue weighted by atomic mass is 16.5. The molecule has 2 aromatic heterocycles. The third-order valence-corrected chi connectivity index (χ3v) is 5.03. The molecule has 1 amide bonds. The summed E-state index contributed by atoms with van der Waals surface area (Å²) >= 11 is 0. The normalized spacial score (nSPS) is 21.7. The Labute approximate surface area is 153 Å².